The molecule has 0 aliphatic carbocycles. The van der Waals surface area contributed by atoms with Gasteiger partial charge in [0.25, 0.3) is 0 Å². The fraction of sp³-hybridized carbons (Fsp3) is 1.00. The Kier molecular flexibility index (Phi) is 44.3. The molecule has 0 unspecified atom stereocenters. The van der Waals surface area contributed by atoms with Gasteiger partial charge in [-0.25, -0.2) is 0 Å². The Morgan fingerprint density at radius 3 is 0.548 bits per heavy atom. The van der Waals surface area contributed by atoms with E-state index in [-0.39, 0.29) is 24.8 Å². The van der Waals surface area contributed by atoms with Gasteiger partial charge in [-0.3, -0.25) is 0 Å². The van der Waals surface area contributed by atoms with Crippen LogP contribution < -0.4 is 24.8 Å². The van der Waals surface area contributed by atoms with Crippen molar-refractivity contribution < 1.29 is 33.8 Å². The molecule has 0 amide bonds. The highest BCUT2D eigenvalue weighted by Gasteiger charge is 2.14. The van der Waals surface area contributed by atoms with Gasteiger partial charge in [-0.2, -0.15) is 0 Å². The predicted molar refractivity (Wildman–Crippen MR) is 186 cm³/mol. The third kappa shape index (κ3) is 42.6. The van der Waals surface area contributed by atoms with Crippen LogP contribution in [0.4, 0.5) is 0 Å². The molecule has 0 N–H and O–H groups in total. The molecule has 0 saturated carbocycles. The molecule has 0 atom stereocenters. The van der Waals surface area contributed by atoms with Crippen molar-refractivity contribution in [1.29, 1.82) is 0 Å². The maximum Gasteiger partial charge on any atom is 0.0782 e. The van der Waals surface area contributed by atoms with Crippen LogP contribution in [0.15, 0.2) is 0 Å². The minimum absolute atomic E-state index is 0. The molecule has 2 nitrogen and oxygen atoms in total. The molecule has 0 aliphatic heterocycles. The summed E-state index contributed by atoms with van der Waals surface area (Å²) in [4.78, 5) is 0. The Bertz CT molecular complexity index is 450. The first-order valence-electron chi connectivity index (χ1n) is 18.9. The average molecular weight is 640 g/mol. The lowest BCUT2D eigenvalue weighted by Gasteiger charge is -2.30. The van der Waals surface area contributed by atoms with Gasteiger partial charge >= 0.3 is 0 Å². The molecule has 0 aliphatic rings. The molecule has 0 radical (unpaired) electrons. The minimum Gasteiger partial charge on any atom is -1.00 e. The summed E-state index contributed by atoms with van der Waals surface area (Å²) in [5, 5.41) is 0. The van der Waals surface area contributed by atoms with Gasteiger partial charge in [0.1, 0.15) is 0 Å². The van der Waals surface area contributed by atoms with Gasteiger partial charge in [0.2, 0.25) is 0 Å². The van der Waals surface area contributed by atoms with E-state index in [0.717, 1.165) is 0 Å². The number of unbranched alkanes of at least 4 members (excludes halogenated alkanes) is 22. The van der Waals surface area contributed by atoms with Gasteiger partial charge in [-0.15, -0.1) is 0 Å². The molecule has 0 aromatic heterocycles. The first kappa shape index (κ1) is 49.4. The normalized spacial score (nSPS) is 11.4. The van der Waals surface area contributed by atoms with Crippen LogP contribution >= 0.6 is 0 Å². The zero-order valence-corrected chi connectivity index (χ0v) is 32.4. The largest absolute Gasteiger partial charge is 1.00 e. The number of hydrogen-bond acceptors (Lipinski definition) is 0. The second-order valence-electron chi connectivity index (χ2n) is 14.5. The Hall–Kier alpha value is 0.500. The zero-order chi connectivity index (χ0) is 30.2. The van der Waals surface area contributed by atoms with Crippen molar-refractivity contribution in [3.8, 4) is 0 Å². The Balaban J connectivity index is -0.000000330. The average Bonchev–Trinajstić information content (AvgIpc) is 2.92. The Morgan fingerprint density at radius 2 is 0.381 bits per heavy atom. The van der Waals surface area contributed by atoms with E-state index in [1.807, 2.05) is 0 Å². The molecule has 42 heavy (non-hydrogen) atoms. The standard InChI is InChI=1S/C20H44N.C18H40N.2ClH/c1-5-7-9-11-13-14-16-18-20-21(3,4)19-17-15-12-10-8-6-2;1-5-7-9-11-13-15-17-19(3,4)18-16-14-12-10-8-6-2;;/h5-20H2,1-4H3;5-18H2,1-4H3;2*1H/q2*+1;;/p-2. The van der Waals surface area contributed by atoms with Crippen molar-refractivity contribution in [2.45, 2.75) is 195 Å². The van der Waals surface area contributed by atoms with Crippen LogP contribution in [0.5, 0.6) is 0 Å². The first-order chi connectivity index (χ1) is 19.2. The SMILES string of the molecule is CCCCCCCCCC[N+](C)(C)CCCCCCCC.CCCCCCCC[N+](C)(C)CCCCCCCC.[Cl-].[Cl-]. The zero-order valence-electron chi connectivity index (χ0n) is 30.9. The summed E-state index contributed by atoms with van der Waals surface area (Å²) >= 11 is 0. The highest BCUT2D eigenvalue weighted by Crippen LogP contribution is 2.13. The molecule has 0 fully saturated rings. The van der Waals surface area contributed by atoms with Crippen molar-refractivity contribution in [1.82, 2.24) is 0 Å². The van der Waals surface area contributed by atoms with E-state index in [0.29, 0.717) is 0 Å². The molecular weight excluding hydrogens is 555 g/mol. The van der Waals surface area contributed by atoms with Crippen LogP contribution in [0.3, 0.4) is 0 Å². The van der Waals surface area contributed by atoms with E-state index in [9.17, 15) is 0 Å². The maximum absolute atomic E-state index is 2.42. The van der Waals surface area contributed by atoms with Crippen LogP contribution in [0.2, 0.25) is 0 Å². The van der Waals surface area contributed by atoms with Crippen molar-refractivity contribution in [2.75, 3.05) is 54.4 Å². The lowest BCUT2D eigenvalue weighted by Crippen LogP contribution is -3.00. The van der Waals surface area contributed by atoms with Gasteiger partial charge in [0, 0.05) is 0 Å². The van der Waals surface area contributed by atoms with Crippen molar-refractivity contribution in [2.24, 2.45) is 0 Å². The van der Waals surface area contributed by atoms with Gasteiger partial charge in [-0.05, 0) is 51.4 Å². The number of quaternary nitrogens is 2. The van der Waals surface area contributed by atoms with Gasteiger partial charge < -0.3 is 33.8 Å². The highest BCUT2D eigenvalue weighted by atomic mass is 35.5. The summed E-state index contributed by atoms with van der Waals surface area (Å²) in [6, 6.07) is 0. The van der Waals surface area contributed by atoms with Gasteiger partial charge in [0.15, 0.2) is 0 Å². The summed E-state index contributed by atoms with van der Waals surface area (Å²) < 4.78 is 2.48. The molecule has 4 heteroatoms. The van der Waals surface area contributed by atoms with Crippen LogP contribution in [0.25, 0.3) is 0 Å². The van der Waals surface area contributed by atoms with Crippen molar-refractivity contribution >= 4 is 0 Å². The summed E-state index contributed by atoms with van der Waals surface area (Å²) in [5.74, 6) is 0. The maximum atomic E-state index is 2.42. The smallest absolute Gasteiger partial charge is 0.0782 e. The first-order valence-corrected chi connectivity index (χ1v) is 18.9. The summed E-state index contributed by atoms with van der Waals surface area (Å²) in [7, 11) is 9.68. The molecule has 0 spiro atoms. The van der Waals surface area contributed by atoms with Crippen molar-refractivity contribution in [3.63, 3.8) is 0 Å². The molecule has 0 aromatic carbocycles. The molecule has 260 valence electrons. The van der Waals surface area contributed by atoms with Gasteiger partial charge in [-0.1, -0.05) is 143 Å². The van der Waals surface area contributed by atoms with Crippen molar-refractivity contribution in [3.05, 3.63) is 0 Å². The summed E-state index contributed by atoms with van der Waals surface area (Å²) in [5.41, 5.74) is 0. The van der Waals surface area contributed by atoms with Crippen LogP contribution in [-0.2, 0) is 0 Å². The number of hydrogen-bond donors (Lipinski definition) is 0. The lowest BCUT2D eigenvalue weighted by molar-refractivity contribution is -0.890. The molecule has 0 saturated heterocycles. The number of halogens is 2. The van der Waals surface area contributed by atoms with Crippen LogP contribution in [0.1, 0.15) is 195 Å². The summed E-state index contributed by atoms with van der Waals surface area (Å²) in [6.45, 7) is 14.7. The molecule has 0 rings (SSSR count). The van der Waals surface area contributed by atoms with E-state index >= 15 is 0 Å². The molecule has 0 bridgehead atoms. The van der Waals surface area contributed by atoms with Gasteiger partial charge in [0.05, 0.1) is 54.4 Å². The third-order valence-electron chi connectivity index (χ3n) is 8.97. The van der Waals surface area contributed by atoms with Crippen LogP contribution in [-0.4, -0.2) is 63.3 Å². The van der Waals surface area contributed by atoms with E-state index in [2.05, 4.69) is 55.9 Å². The fourth-order valence-electron chi connectivity index (χ4n) is 5.86. The molecular formula is C38H84Cl2N2. The van der Waals surface area contributed by atoms with E-state index < -0.39 is 0 Å². The number of rotatable bonds is 30. The van der Waals surface area contributed by atoms with Crippen LogP contribution in [0, 0.1) is 0 Å². The predicted octanol–water partition coefficient (Wildman–Crippen LogP) is 6.36. The van der Waals surface area contributed by atoms with E-state index in [1.54, 1.807) is 0 Å². The summed E-state index contributed by atoms with van der Waals surface area (Å²) in [6.07, 6.45) is 37.2. The monoisotopic (exact) mass is 639 g/mol. The van der Waals surface area contributed by atoms with E-state index in [4.69, 9.17) is 0 Å². The fourth-order valence-corrected chi connectivity index (χ4v) is 5.86. The second-order valence-corrected chi connectivity index (χ2v) is 14.5. The second kappa shape index (κ2) is 37.7. The minimum atomic E-state index is 0. The third-order valence-corrected chi connectivity index (χ3v) is 8.97. The molecule has 0 aromatic rings. The number of nitrogens with zero attached hydrogens (tertiary/aromatic N) is 2. The lowest BCUT2D eigenvalue weighted by atomic mass is 10.1. The van der Waals surface area contributed by atoms with E-state index in [1.165, 1.54) is 202 Å². The topological polar surface area (TPSA) is 0 Å². The highest BCUT2D eigenvalue weighted by molar-refractivity contribution is 4.49. The Labute approximate surface area is 281 Å². The Morgan fingerprint density at radius 1 is 0.238 bits per heavy atom. The quantitative estimate of drug-likeness (QED) is 0.0635. The molecule has 0 heterocycles.